The molecule has 2 rings (SSSR count). The van der Waals surface area contributed by atoms with Gasteiger partial charge in [-0.2, -0.15) is 0 Å². The molecule has 0 aliphatic heterocycles. The fourth-order valence-electron chi connectivity index (χ4n) is 2.94. The van der Waals surface area contributed by atoms with Gasteiger partial charge >= 0.3 is 12.1 Å². The second-order valence-electron chi connectivity index (χ2n) is 7.00. The maximum Gasteiger partial charge on any atom is 0.408 e. The number of benzene rings is 2. The topological polar surface area (TPSA) is 114 Å². The maximum atomic E-state index is 12.8. The lowest BCUT2D eigenvalue weighted by molar-refractivity contribution is -0.145. The van der Waals surface area contributed by atoms with Crippen LogP contribution < -0.4 is 10.6 Å². The molecule has 0 aromatic heterocycles. The van der Waals surface area contributed by atoms with E-state index in [1.165, 1.54) is 19.2 Å². The molecular weight excluding hydrogens is 400 g/mol. The van der Waals surface area contributed by atoms with Gasteiger partial charge in [-0.15, -0.1) is 0 Å². The van der Waals surface area contributed by atoms with Crippen molar-refractivity contribution in [2.24, 2.45) is 0 Å². The van der Waals surface area contributed by atoms with E-state index in [2.05, 4.69) is 10.6 Å². The number of nitrogens with one attached hydrogen (secondary N) is 2. The first-order valence-corrected chi connectivity index (χ1v) is 10.1. The fourth-order valence-corrected chi connectivity index (χ4v) is 2.94. The third-order valence-electron chi connectivity index (χ3n) is 4.58. The summed E-state index contributed by atoms with van der Waals surface area (Å²) < 4.78 is 9.99. The zero-order valence-corrected chi connectivity index (χ0v) is 17.7. The lowest BCUT2D eigenvalue weighted by Gasteiger charge is -2.22. The standard InChI is InChI=1S/C23H28N2O6/c1-3-7-19(25-23(29)31-15-17-8-5-4-6-9-17)21(27)24-20(22(28)30-2)14-16-10-12-18(26)13-11-16/h4-6,8-13,19-20,26H,3,7,14-15H2,1-2H3,(H,24,27)(H,25,29)/t19-,20-/m0/s1. The Kier molecular flexibility index (Phi) is 9.35. The van der Waals surface area contributed by atoms with Crippen molar-refractivity contribution in [2.45, 2.75) is 44.9 Å². The van der Waals surface area contributed by atoms with Gasteiger partial charge in [0, 0.05) is 6.42 Å². The number of carbonyl (C=O) groups excluding carboxylic acids is 3. The molecule has 8 heteroatoms. The molecular formula is C23H28N2O6. The highest BCUT2D eigenvalue weighted by Gasteiger charge is 2.27. The molecule has 0 aliphatic carbocycles. The monoisotopic (exact) mass is 428 g/mol. The molecule has 2 aromatic rings. The van der Waals surface area contributed by atoms with Crippen LogP contribution in [0.1, 0.15) is 30.9 Å². The summed E-state index contributed by atoms with van der Waals surface area (Å²) in [6.07, 6.45) is 0.471. The number of hydrogen-bond acceptors (Lipinski definition) is 6. The predicted octanol–water partition coefficient (Wildman–Crippen LogP) is 2.69. The molecule has 166 valence electrons. The molecule has 0 aliphatic rings. The third kappa shape index (κ3) is 8.00. The Morgan fingerprint density at radius 1 is 0.935 bits per heavy atom. The van der Waals surface area contributed by atoms with Crippen LogP contribution in [0.2, 0.25) is 0 Å². The van der Waals surface area contributed by atoms with Gasteiger partial charge in [0.05, 0.1) is 7.11 Å². The van der Waals surface area contributed by atoms with Gasteiger partial charge in [0.1, 0.15) is 24.4 Å². The summed E-state index contributed by atoms with van der Waals surface area (Å²) in [6, 6.07) is 13.7. The second kappa shape index (κ2) is 12.2. The van der Waals surface area contributed by atoms with Crippen molar-refractivity contribution < 1.29 is 29.0 Å². The number of carbonyl (C=O) groups is 3. The zero-order chi connectivity index (χ0) is 22.6. The number of ether oxygens (including phenoxy) is 2. The minimum Gasteiger partial charge on any atom is -0.508 e. The summed E-state index contributed by atoms with van der Waals surface area (Å²) in [6.45, 7) is 1.96. The lowest BCUT2D eigenvalue weighted by Crippen LogP contribution is -2.52. The molecule has 2 aromatic carbocycles. The molecule has 2 atom stereocenters. The first-order chi connectivity index (χ1) is 14.9. The Labute approximate surface area is 181 Å². The third-order valence-corrected chi connectivity index (χ3v) is 4.58. The minimum atomic E-state index is -0.941. The Morgan fingerprint density at radius 2 is 1.61 bits per heavy atom. The van der Waals surface area contributed by atoms with Crippen LogP contribution in [0.15, 0.2) is 54.6 Å². The number of rotatable bonds is 10. The number of esters is 1. The van der Waals surface area contributed by atoms with Crippen LogP contribution in [0.3, 0.4) is 0 Å². The van der Waals surface area contributed by atoms with E-state index < -0.39 is 30.1 Å². The largest absolute Gasteiger partial charge is 0.508 e. The summed E-state index contributed by atoms with van der Waals surface area (Å²) in [7, 11) is 1.24. The van der Waals surface area contributed by atoms with Crippen LogP contribution >= 0.6 is 0 Å². The summed E-state index contributed by atoms with van der Waals surface area (Å²) in [5.74, 6) is -1.01. The van der Waals surface area contributed by atoms with Crippen LogP contribution in [0.25, 0.3) is 0 Å². The average Bonchev–Trinajstić information content (AvgIpc) is 2.78. The van der Waals surface area contributed by atoms with Gasteiger partial charge in [-0.05, 0) is 29.7 Å². The molecule has 0 bridgehead atoms. The molecule has 2 amide bonds. The van der Waals surface area contributed by atoms with Crippen molar-refractivity contribution in [3.05, 3.63) is 65.7 Å². The Bertz CT molecular complexity index is 854. The van der Waals surface area contributed by atoms with E-state index in [0.717, 1.165) is 11.1 Å². The molecule has 0 unspecified atom stereocenters. The van der Waals surface area contributed by atoms with Crippen LogP contribution in [-0.4, -0.2) is 42.3 Å². The van der Waals surface area contributed by atoms with Crippen molar-refractivity contribution >= 4 is 18.0 Å². The van der Waals surface area contributed by atoms with E-state index in [9.17, 15) is 19.5 Å². The Balaban J connectivity index is 1.98. The lowest BCUT2D eigenvalue weighted by atomic mass is 10.0. The van der Waals surface area contributed by atoms with Crippen molar-refractivity contribution in [2.75, 3.05) is 7.11 Å². The molecule has 3 N–H and O–H groups in total. The van der Waals surface area contributed by atoms with Gasteiger partial charge in [-0.1, -0.05) is 55.8 Å². The highest BCUT2D eigenvalue weighted by molar-refractivity contribution is 5.89. The Morgan fingerprint density at radius 3 is 2.23 bits per heavy atom. The average molecular weight is 428 g/mol. The molecule has 0 saturated carbocycles. The van der Waals surface area contributed by atoms with E-state index in [-0.39, 0.29) is 18.8 Å². The van der Waals surface area contributed by atoms with E-state index in [0.29, 0.717) is 12.8 Å². The van der Waals surface area contributed by atoms with E-state index in [1.54, 1.807) is 12.1 Å². The van der Waals surface area contributed by atoms with Gasteiger partial charge in [-0.3, -0.25) is 4.79 Å². The zero-order valence-electron chi connectivity index (χ0n) is 17.7. The molecule has 0 fully saturated rings. The molecule has 31 heavy (non-hydrogen) atoms. The fraction of sp³-hybridized carbons (Fsp3) is 0.348. The maximum absolute atomic E-state index is 12.8. The van der Waals surface area contributed by atoms with Crippen LogP contribution in [0, 0.1) is 0 Å². The number of methoxy groups -OCH3 is 1. The smallest absolute Gasteiger partial charge is 0.408 e. The predicted molar refractivity (Wildman–Crippen MR) is 114 cm³/mol. The van der Waals surface area contributed by atoms with Gasteiger partial charge in [0.25, 0.3) is 0 Å². The number of aromatic hydroxyl groups is 1. The van der Waals surface area contributed by atoms with E-state index in [4.69, 9.17) is 9.47 Å². The number of amides is 2. The highest BCUT2D eigenvalue weighted by Crippen LogP contribution is 2.12. The minimum absolute atomic E-state index is 0.0821. The van der Waals surface area contributed by atoms with Crippen LogP contribution in [0.4, 0.5) is 4.79 Å². The van der Waals surface area contributed by atoms with Gasteiger partial charge in [0.2, 0.25) is 5.91 Å². The van der Waals surface area contributed by atoms with Crippen molar-refractivity contribution in [3.8, 4) is 5.75 Å². The first kappa shape index (κ1) is 23.7. The molecule has 8 nitrogen and oxygen atoms in total. The summed E-state index contributed by atoms with van der Waals surface area (Å²) in [5.41, 5.74) is 1.56. The highest BCUT2D eigenvalue weighted by atomic mass is 16.5. The quantitative estimate of drug-likeness (QED) is 0.502. The van der Waals surface area contributed by atoms with Gasteiger partial charge < -0.3 is 25.2 Å². The Hall–Kier alpha value is -3.55. The SMILES string of the molecule is CCC[C@H](NC(=O)OCc1ccccc1)C(=O)N[C@@H](Cc1ccc(O)cc1)C(=O)OC. The normalized spacial score (nSPS) is 12.3. The summed E-state index contributed by atoms with van der Waals surface area (Å²) in [5, 5.41) is 14.6. The summed E-state index contributed by atoms with van der Waals surface area (Å²) in [4.78, 5) is 37.1. The first-order valence-electron chi connectivity index (χ1n) is 10.1. The molecule has 0 radical (unpaired) electrons. The van der Waals surface area contributed by atoms with Gasteiger partial charge in [0.15, 0.2) is 0 Å². The van der Waals surface area contributed by atoms with Gasteiger partial charge in [-0.25, -0.2) is 9.59 Å². The van der Waals surface area contributed by atoms with E-state index >= 15 is 0 Å². The molecule has 0 spiro atoms. The number of phenols is 1. The molecule has 0 saturated heterocycles. The number of phenolic OH excluding ortho intramolecular Hbond substituents is 1. The number of alkyl carbamates (subject to hydrolysis) is 1. The molecule has 0 heterocycles. The van der Waals surface area contributed by atoms with Crippen LogP contribution in [-0.2, 0) is 32.1 Å². The van der Waals surface area contributed by atoms with Crippen molar-refractivity contribution in [1.82, 2.24) is 10.6 Å². The second-order valence-corrected chi connectivity index (χ2v) is 7.00. The summed E-state index contributed by atoms with van der Waals surface area (Å²) >= 11 is 0. The van der Waals surface area contributed by atoms with Crippen LogP contribution in [0.5, 0.6) is 5.75 Å². The van der Waals surface area contributed by atoms with Crippen molar-refractivity contribution in [3.63, 3.8) is 0 Å². The van der Waals surface area contributed by atoms with Crippen molar-refractivity contribution in [1.29, 1.82) is 0 Å². The van der Waals surface area contributed by atoms with E-state index in [1.807, 2.05) is 37.3 Å². The number of hydrogen-bond donors (Lipinski definition) is 3.